The van der Waals surface area contributed by atoms with Crippen molar-refractivity contribution in [1.29, 1.82) is 0 Å². The van der Waals surface area contributed by atoms with Crippen molar-refractivity contribution in [3.05, 3.63) is 5.21 Å². The zero-order valence-corrected chi connectivity index (χ0v) is 8.80. The van der Waals surface area contributed by atoms with E-state index >= 15 is 0 Å². The van der Waals surface area contributed by atoms with Gasteiger partial charge in [0.25, 0.3) is 0 Å². The molecule has 1 fully saturated rings. The summed E-state index contributed by atoms with van der Waals surface area (Å²) in [5.74, 6) is 0. The van der Waals surface area contributed by atoms with Crippen LogP contribution in [0.3, 0.4) is 0 Å². The fourth-order valence-corrected chi connectivity index (χ4v) is 1.40. The highest BCUT2D eigenvalue weighted by Gasteiger charge is 2.22. The van der Waals surface area contributed by atoms with Gasteiger partial charge in [-0.25, -0.2) is 0 Å². The first kappa shape index (κ1) is 10.9. The summed E-state index contributed by atoms with van der Waals surface area (Å²) < 4.78 is 0. The van der Waals surface area contributed by atoms with Gasteiger partial charge in [-0.15, -0.1) is 10.3 Å². The van der Waals surface area contributed by atoms with Crippen molar-refractivity contribution in [2.75, 3.05) is 13.1 Å². The minimum atomic E-state index is -0.367. The van der Waals surface area contributed by atoms with E-state index in [0.29, 0.717) is 0 Å². The van der Waals surface area contributed by atoms with Gasteiger partial charge in [-0.1, -0.05) is 6.42 Å². The number of rotatable bonds is 2. The van der Waals surface area contributed by atoms with Gasteiger partial charge < -0.3 is 5.21 Å². The number of hydrogen-bond acceptors (Lipinski definition) is 3. The minimum absolute atomic E-state index is 0.160. The minimum Gasteiger partial charge on any atom is -0.579 e. The monoisotopic (exact) mass is 188 g/mol. The lowest BCUT2D eigenvalue weighted by molar-refractivity contribution is -1.15. The van der Waals surface area contributed by atoms with Crippen molar-refractivity contribution in [2.24, 2.45) is 0 Å². The predicted octanol–water partition coefficient (Wildman–Crippen LogP) is 0.500. The highest BCUT2D eigenvalue weighted by molar-refractivity contribution is 4.56. The summed E-state index contributed by atoms with van der Waals surface area (Å²) in [6.45, 7) is 7.41. The van der Waals surface area contributed by atoms with E-state index in [-0.39, 0.29) is 10.9 Å². The van der Waals surface area contributed by atoms with Crippen LogP contribution in [0.5, 0.6) is 0 Å². The zero-order valence-electron chi connectivity index (χ0n) is 8.80. The summed E-state index contributed by atoms with van der Waals surface area (Å²) in [6, 6.07) is 0. The molecular formula is C9H20N2O2. The standard InChI is InChI=1S/C9H20N2O2/c1-9(2,3)13-11(12)10-7-5-4-6-8-10/h11H,4-8H2,1-3H3. The van der Waals surface area contributed by atoms with E-state index in [1.165, 1.54) is 6.42 Å². The van der Waals surface area contributed by atoms with Crippen molar-refractivity contribution in [3.63, 3.8) is 0 Å². The smallest absolute Gasteiger partial charge is 0.122 e. The number of quaternary nitrogens is 1. The SMILES string of the molecule is CC(C)(C)O[NH+]([O-])N1CCCCC1. The van der Waals surface area contributed by atoms with Crippen LogP contribution in [0.25, 0.3) is 0 Å². The maximum atomic E-state index is 11.5. The average molecular weight is 188 g/mol. The fourth-order valence-electron chi connectivity index (χ4n) is 1.40. The second-order valence-electron chi connectivity index (χ2n) is 4.53. The Morgan fingerprint density at radius 1 is 1.15 bits per heavy atom. The van der Waals surface area contributed by atoms with Gasteiger partial charge in [0.15, 0.2) is 0 Å². The Morgan fingerprint density at radius 3 is 2.15 bits per heavy atom. The van der Waals surface area contributed by atoms with E-state index in [9.17, 15) is 5.21 Å². The molecule has 0 radical (unpaired) electrons. The second-order valence-corrected chi connectivity index (χ2v) is 4.53. The molecule has 1 heterocycles. The molecule has 78 valence electrons. The van der Waals surface area contributed by atoms with E-state index in [1.54, 1.807) is 5.01 Å². The largest absolute Gasteiger partial charge is 0.579 e. The number of hydrogen-bond donors (Lipinski definition) is 1. The first-order valence-corrected chi connectivity index (χ1v) is 4.97. The van der Waals surface area contributed by atoms with Crippen molar-refractivity contribution < 1.29 is 10.2 Å². The normalized spacial score (nSPS) is 23.1. The van der Waals surface area contributed by atoms with Crippen LogP contribution >= 0.6 is 0 Å². The van der Waals surface area contributed by atoms with E-state index in [4.69, 9.17) is 4.84 Å². The number of nitrogens with one attached hydrogen (secondary N) is 1. The topological polar surface area (TPSA) is 40.0 Å². The summed E-state index contributed by atoms with van der Waals surface area (Å²) in [5.41, 5.74) is -0.367. The van der Waals surface area contributed by atoms with Crippen LogP contribution in [-0.2, 0) is 4.84 Å². The number of piperidine rings is 1. The van der Waals surface area contributed by atoms with Crippen LogP contribution in [0.1, 0.15) is 40.0 Å². The van der Waals surface area contributed by atoms with Crippen molar-refractivity contribution >= 4 is 0 Å². The van der Waals surface area contributed by atoms with Crippen molar-refractivity contribution in [1.82, 2.24) is 5.01 Å². The quantitative estimate of drug-likeness (QED) is 0.641. The summed E-state index contributed by atoms with van der Waals surface area (Å²) in [4.78, 5) is 5.26. The molecule has 1 rings (SSSR count). The highest BCUT2D eigenvalue weighted by Crippen LogP contribution is 2.06. The van der Waals surface area contributed by atoms with E-state index in [1.807, 2.05) is 20.8 Å². The molecule has 1 aliphatic heterocycles. The second kappa shape index (κ2) is 4.37. The summed E-state index contributed by atoms with van der Waals surface area (Å²) in [6.07, 6.45) is 3.46. The lowest BCUT2D eigenvalue weighted by atomic mass is 10.2. The van der Waals surface area contributed by atoms with Crippen molar-refractivity contribution in [3.8, 4) is 0 Å². The van der Waals surface area contributed by atoms with Crippen LogP contribution in [0, 0.1) is 5.21 Å². The van der Waals surface area contributed by atoms with E-state index in [2.05, 4.69) is 0 Å². The van der Waals surface area contributed by atoms with Gasteiger partial charge in [-0.05, 0) is 33.6 Å². The maximum absolute atomic E-state index is 11.5. The lowest BCUT2D eigenvalue weighted by Gasteiger charge is -2.36. The highest BCUT2D eigenvalue weighted by atomic mass is 16.9. The van der Waals surface area contributed by atoms with E-state index in [0.717, 1.165) is 25.9 Å². The molecule has 1 atom stereocenters. The molecule has 4 heteroatoms. The molecule has 1 aliphatic rings. The van der Waals surface area contributed by atoms with Gasteiger partial charge in [0.1, 0.15) is 5.60 Å². The Kier molecular flexibility index (Phi) is 3.67. The zero-order chi connectivity index (χ0) is 9.90. The average Bonchev–Trinajstić information content (AvgIpc) is 2.03. The molecule has 1 unspecified atom stereocenters. The number of nitrogens with zero attached hydrogens (tertiary/aromatic N) is 1. The lowest BCUT2D eigenvalue weighted by Crippen LogP contribution is -3.14. The van der Waals surface area contributed by atoms with Crippen molar-refractivity contribution in [2.45, 2.75) is 45.6 Å². The van der Waals surface area contributed by atoms with Gasteiger partial charge >= 0.3 is 0 Å². The molecule has 0 aromatic heterocycles. The van der Waals surface area contributed by atoms with Crippen LogP contribution in [0.2, 0.25) is 0 Å². The third-order valence-electron chi connectivity index (χ3n) is 2.01. The summed E-state index contributed by atoms with van der Waals surface area (Å²) >= 11 is 0. The Hall–Kier alpha value is -0.160. The molecule has 0 aliphatic carbocycles. The molecule has 4 nitrogen and oxygen atoms in total. The molecule has 0 spiro atoms. The van der Waals surface area contributed by atoms with E-state index < -0.39 is 0 Å². The molecular weight excluding hydrogens is 168 g/mol. The predicted molar refractivity (Wildman–Crippen MR) is 50.6 cm³/mol. The third kappa shape index (κ3) is 4.04. The molecule has 0 bridgehead atoms. The third-order valence-corrected chi connectivity index (χ3v) is 2.01. The van der Waals surface area contributed by atoms with Gasteiger partial charge in [-0.2, -0.15) is 4.84 Å². The van der Waals surface area contributed by atoms with Crippen LogP contribution in [0.4, 0.5) is 0 Å². The first-order valence-electron chi connectivity index (χ1n) is 4.97. The first-order chi connectivity index (χ1) is 5.99. The molecule has 1 N–H and O–H groups in total. The molecule has 0 aromatic carbocycles. The van der Waals surface area contributed by atoms with Gasteiger partial charge in [0.05, 0.1) is 13.1 Å². The Morgan fingerprint density at radius 2 is 1.69 bits per heavy atom. The fraction of sp³-hybridized carbons (Fsp3) is 1.00. The van der Waals surface area contributed by atoms with Gasteiger partial charge in [0.2, 0.25) is 0 Å². The van der Waals surface area contributed by atoms with Crippen LogP contribution in [-0.4, -0.2) is 23.7 Å². The summed E-state index contributed by atoms with van der Waals surface area (Å²) in [7, 11) is 0. The van der Waals surface area contributed by atoms with Gasteiger partial charge in [0, 0.05) is 0 Å². The molecule has 13 heavy (non-hydrogen) atoms. The molecule has 0 saturated carbocycles. The Balaban J connectivity index is 2.33. The molecule has 0 aromatic rings. The van der Waals surface area contributed by atoms with Gasteiger partial charge in [-0.3, -0.25) is 0 Å². The Labute approximate surface area is 80.0 Å². The maximum Gasteiger partial charge on any atom is 0.122 e. The molecule has 0 amide bonds. The Bertz CT molecular complexity index is 150. The van der Waals surface area contributed by atoms with Crippen LogP contribution < -0.4 is 5.34 Å². The van der Waals surface area contributed by atoms with Crippen LogP contribution in [0.15, 0.2) is 0 Å². The molecule has 1 saturated heterocycles. The summed E-state index contributed by atoms with van der Waals surface area (Å²) in [5, 5.41) is 13.2.